The minimum atomic E-state index is -4.45. The number of alkyl halides is 3. The maximum absolute atomic E-state index is 13.2. The second kappa shape index (κ2) is 8.11. The first-order chi connectivity index (χ1) is 12.0. The molecule has 0 aliphatic carbocycles. The fraction of sp³-hybridized carbons (Fsp3) is 0.647. The highest BCUT2D eigenvalue weighted by Crippen LogP contribution is 2.32. The first kappa shape index (κ1) is 20.3. The molecule has 6 nitrogen and oxygen atoms in total. The number of amides is 1. The molecule has 1 saturated heterocycles. The molecule has 2 heterocycles. The van der Waals surface area contributed by atoms with Crippen LogP contribution in [0.1, 0.15) is 32.0 Å². The molecular weight excluding hydrogens is 349 g/mol. The molecule has 1 fully saturated rings. The van der Waals surface area contributed by atoms with E-state index >= 15 is 0 Å². The molecule has 9 heteroatoms. The van der Waals surface area contributed by atoms with Crippen molar-refractivity contribution in [3.05, 3.63) is 23.4 Å². The van der Waals surface area contributed by atoms with Gasteiger partial charge in [-0.25, -0.2) is 9.78 Å². The number of hydrogen-bond acceptors (Lipinski definition) is 5. The Labute approximate surface area is 151 Å². The van der Waals surface area contributed by atoms with Crippen molar-refractivity contribution in [3.8, 4) is 0 Å². The third-order valence-corrected chi connectivity index (χ3v) is 3.68. The SMILES string of the molecule is CC(C)(C)OC(=O)NCCc1cc(C(F)(F)F)cc(N2CCNCC2)n1. The smallest absolute Gasteiger partial charge is 0.416 e. The first-order valence-electron chi connectivity index (χ1n) is 8.55. The average molecular weight is 374 g/mol. The predicted octanol–water partition coefficient (Wildman–Crippen LogP) is 2.58. The molecule has 2 N–H and O–H groups in total. The molecule has 0 atom stereocenters. The number of alkyl carbamates (subject to hydrolysis) is 1. The Morgan fingerprint density at radius 1 is 1.27 bits per heavy atom. The van der Waals surface area contributed by atoms with E-state index in [4.69, 9.17) is 4.74 Å². The zero-order valence-corrected chi connectivity index (χ0v) is 15.2. The molecule has 26 heavy (non-hydrogen) atoms. The Morgan fingerprint density at radius 3 is 2.50 bits per heavy atom. The fourth-order valence-electron chi connectivity index (χ4n) is 2.53. The number of aromatic nitrogens is 1. The number of carbonyl (C=O) groups excluding carboxylic acids is 1. The zero-order chi connectivity index (χ0) is 19.4. The monoisotopic (exact) mass is 374 g/mol. The van der Waals surface area contributed by atoms with Gasteiger partial charge in [-0.2, -0.15) is 13.2 Å². The molecule has 146 valence electrons. The summed E-state index contributed by atoms with van der Waals surface area (Å²) in [6, 6.07) is 2.11. The van der Waals surface area contributed by atoms with Gasteiger partial charge in [0.1, 0.15) is 11.4 Å². The van der Waals surface area contributed by atoms with Crippen LogP contribution in [0.15, 0.2) is 12.1 Å². The summed E-state index contributed by atoms with van der Waals surface area (Å²) >= 11 is 0. The van der Waals surface area contributed by atoms with Crippen molar-refractivity contribution in [2.45, 2.75) is 39.0 Å². The van der Waals surface area contributed by atoms with Crippen LogP contribution in [0.5, 0.6) is 0 Å². The van der Waals surface area contributed by atoms with Gasteiger partial charge in [-0.3, -0.25) is 0 Å². The summed E-state index contributed by atoms with van der Waals surface area (Å²) in [7, 11) is 0. The van der Waals surface area contributed by atoms with E-state index in [0.29, 0.717) is 32.0 Å². The van der Waals surface area contributed by atoms with Crippen LogP contribution >= 0.6 is 0 Å². The van der Waals surface area contributed by atoms with Crippen molar-refractivity contribution in [1.29, 1.82) is 0 Å². The van der Waals surface area contributed by atoms with E-state index < -0.39 is 23.4 Å². The minimum absolute atomic E-state index is 0.143. The number of piperazine rings is 1. The Kier molecular flexibility index (Phi) is 6.33. The highest BCUT2D eigenvalue weighted by molar-refractivity contribution is 5.67. The van der Waals surface area contributed by atoms with Crippen LogP contribution < -0.4 is 15.5 Å². The van der Waals surface area contributed by atoms with Crippen molar-refractivity contribution < 1.29 is 22.7 Å². The summed E-state index contributed by atoms with van der Waals surface area (Å²) in [6.07, 6.45) is -4.87. The minimum Gasteiger partial charge on any atom is -0.444 e. The molecular formula is C17H25F3N4O2. The van der Waals surface area contributed by atoms with Gasteiger partial charge < -0.3 is 20.3 Å². The van der Waals surface area contributed by atoms with Crippen LogP contribution in [0.3, 0.4) is 0 Å². The van der Waals surface area contributed by atoms with Gasteiger partial charge in [-0.15, -0.1) is 0 Å². The van der Waals surface area contributed by atoms with E-state index in [1.807, 2.05) is 4.90 Å². The molecule has 0 saturated carbocycles. The lowest BCUT2D eigenvalue weighted by Gasteiger charge is -2.29. The number of nitrogens with zero attached hydrogens (tertiary/aromatic N) is 2. The lowest BCUT2D eigenvalue weighted by molar-refractivity contribution is -0.137. The first-order valence-corrected chi connectivity index (χ1v) is 8.55. The van der Waals surface area contributed by atoms with Gasteiger partial charge in [0.25, 0.3) is 0 Å². The van der Waals surface area contributed by atoms with E-state index in [0.717, 1.165) is 12.1 Å². The second-order valence-corrected chi connectivity index (χ2v) is 7.12. The van der Waals surface area contributed by atoms with Crippen LogP contribution in [-0.2, 0) is 17.3 Å². The van der Waals surface area contributed by atoms with Crippen LogP contribution in [0.4, 0.5) is 23.8 Å². The van der Waals surface area contributed by atoms with E-state index in [1.54, 1.807) is 20.8 Å². The van der Waals surface area contributed by atoms with Crippen molar-refractivity contribution in [2.75, 3.05) is 37.6 Å². The predicted molar refractivity (Wildman–Crippen MR) is 92.3 cm³/mol. The van der Waals surface area contributed by atoms with Gasteiger partial charge in [0.05, 0.1) is 5.56 Å². The Hall–Kier alpha value is -2.03. The van der Waals surface area contributed by atoms with Crippen LogP contribution in [0.25, 0.3) is 0 Å². The van der Waals surface area contributed by atoms with Gasteiger partial charge in [0.15, 0.2) is 0 Å². The molecule has 0 radical (unpaired) electrons. The normalized spacial score (nSPS) is 15.7. The van der Waals surface area contributed by atoms with Crippen LogP contribution in [-0.4, -0.2) is 49.4 Å². The fourth-order valence-corrected chi connectivity index (χ4v) is 2.53. The Balaban J connectivity index is 2.07. The Bertz CT molecular complexity index is 623. The van der Waals surface area contributed by atoms with Crippen molar-refractivity contribution >= 4 is 11.9 Å². The topological polar surface area (TPSA) is 66.5 Å². The number of ether oxygens (including phenoxy) is 1. The molecule has 1 amide bonds. The largest absolute Gasteiger partial charge is 0.444 e. The number of rotatable bonds is 4. The number of carbonyl (C=O) groups is 1. The zero-order valence-electron chi connectivity index (χ0n) is 15.2. The highest BCUT2D eigenvalue weighted by Gasteiger charge is 2.32. The van der Waals surface area contributed by atoms with Gasteiger partial charge in [0, 0.05) is 44.8 Å². The molecule has 1 aliphatic heterocycles. The van der Waals surface area contributed by atoms with Crippen LogP contribution in [0, 0.1) is 0 Å². The molecule has 1 aliphatic rings. The highest BCUT2D eigenvalue weighted by atomic mass is 19.4. The lowest BCUT2D eigenvalue weighted by atomic mass is 10.1. The van der Waals surface area contributed by atoms with Crippen molar-refractivity contribution in [2.24, 2.45) is 0 Å². The van der Waals surface area contributed by atoms with E-state index in [2.05, 4.69) is 15.6 Å². The molecule has 0 spiro atoms. The summed E-state index contributed by atoms with van der Waals surface area (Å²) in [5.41, 5.74) is -1.08. The standard InChI is InChI=1S/C17H25F3N4O2/c1-16(2,3)26-15(25)22-5-4-13-10-12(17(18,19)20)11-14(23-13)24-8-6-21-7-9-24/h10-11,21H,4-9H2,1-3H3,(H,22,25). The van der Waals surface area contributed by atoms with Gasteiger partial charge >= 0.3 is 12.3 Å². The third-order valence-electron chi connectivity index (χ3n) is 3.68. The van der Waals surface area contributed by atoms with Gasteiger partial charge in [-0.05, 0) is 32.9 Å². The summed E-state index contributed by atoms with van der Waals surface area (Å²) in [6.45, 7) is 7.96. The Morgan fingerprint density at radius 2 is 1.92 bits per heavy atom. The second-order valence-electron chi connectivity index (χ2n) is 7.12. The van der Waals surface area contributed by atoms with Gasteiger partial charge in [0.2, 0.25) is 0 Å². The molecule has 1 aromatic rings. The third kappa shape index (κ3) is 6.36. The summed E-state index contributed by atoms with van der Waals surface area (Å²) in [4.78, 5) is 17.8. The van der Waals surface area contributed by atoms with Crippen LogP contribution in [0.2, 0.25) is 0 Å². The maximum Gasteiger partial charge on any atom is 0.416 e. The molecule has 2 rings (SSSR count). The summed E-state index contributed by atoms with van der Waals surface area (Å²) < 4.78 is 44.7. The number of nitrogens with one attached hydrogen (secondary N) is 2. The van der Waals surface area contributed by atoms with E-state index in [9.17, 15) is 18.0 Å². The molecule has 0 bridgehead atoms. The lowest BCUT2D eigenvalue weighted by Crippen LogP contribution is -2.44. The molecule has 0 aromatic carbocycles. The molecule has 0 unspecified atom stereocenters. The summed E-state index contributed by atoms with van der Waals surface area (Å²) in [5.74, 6) is 0.314. The number of hydrogen-bond donors (Lipinski definition) is 2. The maximum atomic E-state index is 13.2. The van der Waals surface area contributed by atoms with Crippen molar-refractivity contribution in [3.63, 3.8) is 0 Å². The molecule has 1 aromatic heterocycles. The number of anilines is 1. The van der Waals surface area contributed by atoms with Gasteiger partial charge in [-0.1, -0.05) is 0 Å². The average Bonchev–Trinajstić information content (AvgIpc) is 2.53. The number of halogens is 3. The van der Waals surface area contributed by atoms with E-state index in [1.165, 1.54) is 0 Å². The van der Waals surface area contributed by atoms with E-state index in [-0.39, 0.29) is 18.7 Å². The summed E-state index contributed by atoms with van der Waals surface area (Å²) in [5, 5.41) is 5.70. The van der Waals surface area contributed by atoms with Crippen molar-refractivity contribution in [1.82, 2.24) is 15.6 Å². The quantitative estimate of drug-likeness (QED) is 0.848. The number of pyridine rings is 1.